The molecule has 2 atom stereocenters. The predicted octanol–water partition coefficient (Wildman–Crippen LogP) is -0.263. The first kappa shape index (κ1) is 13.4. The highest BCUT2D eigenvalue weighted by Gasteiger charge is 2.10. The van der Waals surface area contributed by atoms with E-state index in [-0.39, 0.29) is 18.0 Å². The summed E-state index contributed by atoms with van der Waals surface area (Å²) in [5, 5.41) is 12.3. The molecule has 0 amide bonds. The van der Waals surface area contributed by atoms with Crippen LogP contribution in [0.4, 0.5) is 11.9 Å². The normalized spacial score (nSPS) is 13.9. The Balaban J connectivity index is 2.75. The molecule has 1 rings (SSSR count). The van der Waals surface area contributed by atoms with Gasteiger partial charge >= 0.3 is 6.01 Å². The number of aliphatic hydroxyl groups is 1. The summed E-state index contributed by atoms with van der Waals surface area (Å²) in [6.07, 6.45) is 0.188. The molecule has 0 radical (unpaired) electrons. The summed E-state index contributed by atoms with van der Waals surface area (Å²) in [5.74, 6) is 5.78. The van der Waals surface area contributed by atoms with Gasteiger partial charge in [-0.2, -0.15) is 15.0 Å². The quantitative estimate of drug-likeness (QED) is 0.398. The molecule has 0 aliphatic carbocycles. The maximum absolute atomic E-state index is 9.25. The van der Waals surface area contributed by atoms with Gasteiger partial charge < -0.3 is 15.2 Å². The Morgan fingerprint density at radius 3 is 2.47 bits per heavy atom. The summed E-state index contributed by atoms with van der Waals surface area (Å²) >= 11 is 0. The third-order valence-electron chi connectivity index (χ3n) is 2.00. The van der Waals surface area contributed by atoms with Gasteiger partial charge in [-0.05, 0) is 20.3 Å². The topological polar surface area (TPSA) is 118 Å². The Labute approximate surface area is 99.6 Å². The number of nitrogens with one attached hydrogen (secondary N) is 2. The number of hydrazine groups is 1. The summed E-state index contributed by atoms with van der Waals surface area (Å²) in [7, 11) is 1.46. The average Bonchev–Trinajstić information content (AvgIpc) is 2.27. The van der Waals surface area contributed by atoms with E-state index in [4.69, 9.17) is 10.6 Å². The van der Waals surface area contributed by atoms with Gasteiger partial charge in [0, 0.05) is 6.04 Å². The molecule has 0 saturated heterocycles. The lowest BCUT2D eigenvalue weighted by atomic mass is 10.2. The number of aliphatic hydroxyl groups excluding tert-OH is 1. The standard InChI is InChI=1S/C9H18N6O2/c1-5(4-6(2)16)11-7-12-8(15-10)14-9(13-7)17-3/h5-6,16H,4,10H2,1-3H3,(H2,11,12,13,14,15). The van der Waals surface area contributed by atoms with Crippen molar-refractivity contribution < 1.29 is 9.84 Å². The molecule has 0 bridgehead atoms. The van der Waals surface area contributed by atoms with E-state index in [1.807, 2.05) is 6.92 Å². The molecule has 1 heterocycles. The van der Waals surface area contributed by atoms with Crippen LogP contribution in [-0.4, -0.2) is 39.3 Å². The van der Waals surface area contributed by atoms with E-state index < -0.39 is 6.10 Å². The van der Waals surface area contributed by atoms with Crippen LogP contribution < -0.4 is 21.3 Å². The molecule has 96 valence electrons. The first-order valence-electron chi connectivity index (χ1n) is 5.26. The van der Waals surface area contributed by atoms with Crippen LogP contribution in [0.15, 0.2) is 0 Å². The van der Waals surface area contributed by atoms with Gasteiger partial charge in [-0.25, -0.2) is 5.84 Å². The minimum absolute atomic E-state index is 0.0210. The third kappa shape index (κ3) is 4.37. The first-order chi connectivity index (χ1) is 8.05. The van der Waals surface area contributed by atoms with E-state index in [9.17, 15) is 5.11 Å². The minimum Gasteiger partial charge on any atom is -0.467 e. The molecular weight excluding hydrogens is 224 g/mol. The Bertz CT molecular complexity index is 337. The van der Waals surface area contributed by atoms with E-state index in [1.54, 1.807) is 6.92 Å². The zero-order chi connectivity index (χ0) is 12.8. The number of hydrogen-bond acceptors (Lipinski definition) is 8. The molecule has 1 aromatic rings. The van der Waals surface area contributed by atoms with Gasteiger partial charge in [0.2, 0.25) is 11.9 Å². The smallest absolute Gasteiger partial charge is 0.322 e. The highest BCUT2D eigenvalue weighted by Crippen LogP contribution is 2.11. The minimum atomic E-state index is -0.395. The van der Waals surface area contributed by atoms with Crippen molar-refractivity contribution in [2.75, 3.05) is 17.9 Å². The summed E-state index contributed by atoms with van der Waals surface area (Å²) < 4.78 is 4.91. The first-order valence-corrected chi connectivity index (χ1v) is 5.26. The number of nitrogens with two attached hydrogens (primary N) is 1. The Morgan fingerprint density at radius 2 is 1.94 bits per heavy atom. The van der Waals surface area contributed by atoms with Gasteiger partial charge in [-0.1, -0.05) is 0 Å². The van der Waals surface area contributed by atoms with Gasteiger partial charge in [0.25, 0.3) is 0 Å². The number of anilines is 2. The molecule has 8 nitrogen and oxygen atoms in total. The lowest BCUT2D eigenvalue weighted by Gasteiger charge is -2.15. The second-order valence-corrected chi connectivity index (χ2v) is 3.74. The van der Waals surface area contributed by atoms with Crippen LogP contribution in [0.5, 0.6) is 6.01 Å². The highest BCUT2D eigenvalue weighted by molar-refractivity contribution is 5.35. The molecule has 0 aliphatic heterocycles. The van der Waals surface area contributed by atoms with Gasteiger partial charge in [-0.15, -0.1) is 0 Å². The number of methoxy groups -OCH3 is 1. The molecule has 17 heavy (non-hydrogen) atoms. The Morgan fingerprint density at radius 1 is 1.29 bits per heavy atom. The second kappa shape index (κ2) is 6.16. The van der Waals surface area contributed by atoms with Crippen molar-refractivity contribution in [2.24, 2.45) is 5.84 Å². The maximum atomic E-state index is 9.25. The van der Waals surface area contributed by atoms with Crippen molar-refractivity contribution in [2.45, 2.75) is 32.4 Å². The third-order valence-corrected chi connectivity index (χ3v) is 2.00. The molecule has 0 aromatic carbocycles. The molecule has 5 N–H and O–H groups in total. The fourth-order valence-electron chi connectivity index (χ4n) is 1.37. The number of hydrogen-bond donors (Lipinski definition) is 4. The van der Waals surface area contributed by atoms with E-state index in [2.05, 4.69) is 25.7 Å². The fraction of sp³-hybridized carbons (Fsp3) is 0.667. The molecule has 0 aliphatic rings. The van der Waals surface area contributed by atoms with Gasteiger partial charge in [0.15, 0.2) is 0 Å². The van der Waals surface area contributed by atoms with Crippen LogP contribution in [0, 0.1) is 0 Å². The van der Waals surface area contributed by atoms with Gasteiger partial charge in [0.1, 0.15) is 0 Å². The van der Waals surface area contributed by atoms with E-state index in [1.165, 1.54) is 7.11 Å². The maximum Gasteiger partial charge on any atom is 0.322 e. The average molecular weight is 242 g/mol. The molecule has 8 heteroatoms. The van der Waals surface area contributed by atoms with Gasteiger partial charge in [0.05, 0.1) is 13.2 Å². The molecule has 0 spiro atoms. The zero-order valence-corrected chi connectivity index (χ0v) is 10.1. The molecular formula is C9H18N6O2. The van der Waals surface area contributed by atoms with E-state index in [0.29, 0.717) is 12.4 Å². The Hall–Kier alpha value is -1.67. The van der Waals surface area contributed by atoms with E-state index in [0.717, 1.165) is 0 Å². The number of rotatable bonds is 6. The van der Waals surface area contributed by atoms with Crippen molar-refractivity contribution in [3.63, 3.8) is 0 Å². The molecule has 1 aromatic heterocycles. The lowest BCUT2D eigenvalue weighted by molar-refractivity contribution is 0.179. The van der Waals surface area contributed by atoms with Crippen LogP contribution in [0.3, 0.4) is 0 Å². The fourth-order valence-corrected chi connectivity index (χ4v) is 1.37. The molecule has 0 saturated carbocycles. The highest BCUT2D eigenvalue weighted by atomic mass is 16.5. The predicted molar refractivity (Wildman–Crippen MR) is 63.6 cm³/mol. The van der Waals surface area contributed by atoms with Crippen molar-refractivity contribution >= 4 is 11.9 Å². The number of aromatic nitrogens is 3. The van der Waals surface area contributed by atoms with Crippen molar-refractivity contribution in [3.05, 3.63) is 0 Å². The number of nitrogens with zero attached hydrogens (tertiary/aromatic N) is 3. The summed E-state index contributed by atoms with van der Waals surface area (Å²) in [6, 6.07) is 0.187. The lowest BCUT2D eigenvalue weighted by Crippen LogP contribution is -2.23. The van der Waals surface area contributed by atoms with Crippen molar-refractivity contribution in [1.29, 1.82) is 0 Å². The monoisotopic (exact) mass is 242 g/mol. The van der Waals surface area contributed by atoms with Crippen molar-refractivity contribution in [3.8, 4) is 6.01 Å². The van der Waals surface area contributed by atoms with Crippen LogP contribution >= 0.6 is 0 Å². The zero-order valence-electron chi connectivity index (χ0n) is 10.1. The summed E-state index contributed by atoms with van der Waals surface area (Å²) in [6.45, 7) is 3.64. The summed E-state index contributed by atoms with van der Waals surface area (Å²) in [5.41, 5.74) is 2.32. The van der Waals surface area contributed by atoms with Crippen LogP contribution in [0.25, 0.3) is 0 Å². The number of nitrogen functional groups attached to an aromatic ring is 1. The number of ether oxygens (including phenoxy) is 1. The van der Waals surface area contributed by atoms with Gasteiger partial charge in [-0.3, -0.25) is 5.43 Å². The second-order valence-electron chi connectivity index (χ2n) is 3.74. The van der Waals surface area contributed by atoms with Crippen molar-refractivity contribution in [1.82, 2.24) is 15.0 Å². The van der Waals surface area contributed by atoms with Crippen LogP contribution in [0.1, 0.15) is 20.3 Å². The van der Waals surface area contributed by atoms with E-state index >= 15 is 0 Å². The van der Waals surface area contributed by atoms with Crippen LogP contribution in [0.2, 0.25) is 0 Å². The molecule has 0 fully saturated rings. The van der Waals surface area contributed by atoms with Crippen LogP contribution in [-0.2, 0) is 0 Å². The Kier molecular flexibility index (Phi) is 4.85. The molecule has 2 unspecified atom stereocenters. The largest absolute Gasteiger partial charge is 0.467 e. The summed E-state index contributed by atoms with van der Waals surface area (Å²) in [4.78, 5) is 11.9. The SMILES string of the molecule is COc1nc(NN)nc(NC(C)CC(C)O)n1.